The minimum atomic E-state index is -0.218. The van der Waals surface area contributed by atoms with Crippen LogP contribution in [0.2, 0.25) is 5.02 Å². The molecule has 1 aliphatic heterocycles. The molecule has 0 spiro atoms. The molecule has 0 saturated heterocycles. The number of aryl methyl sites for hydroxylation is 1. The highest BCUT2D eigenvalue weighted by molar-refractivity contribution is 6.30. The molecule has 6 nitrogen and oxygen atoms in total. The molecule has 1 amide bonds. The van der Waals surface area contributed by atoms with E-state index in [9.17, 15) is 9.59 Å². The second kappa shape index (κ2) is 6.46. The van der Waals surface area contributed by atoms with Crippen LogP contribution in [0, 0.1) is 6.92 Å². The molecule has 4 rings (SSSR count). The highest BCUT2D eigenvalue weighted by atomic mass is 35.5. The first-order valence-corrected chi connectivity index (χ1v) is 8.71. The molecule has 0 fully saturated rings. The van der Waals surface area contributed by atoms with E-state index in [-0.39, 0.29) is 11.6 Å². The van der Waals surface area contributed by atoms with Crippen LogP contribution in [0.4, 0.5) is 0 Å². The lowest BCUT2D eigenvalue weighted by atomic mass is 10.1. The average molecular weight is 369 g/mol. The molecule has 0 radical (unpaired) electrons. The Kier molecular flexibility index (Phi) is 4.12. The predicted molar refractivity (Wildman–Crippen MR) is 98.8 cm³/mol. The van der Waals surface area contributed by atoms with Crippen LogP contribution in [-0.2, 0) is 13.1 Å². The van der Waals surface area contributed by atoms with Gasteiger partial charge in [-0.2, -0.15) is 4.68 Å². The summed E-state index contributed by atoms with van der Waals surface area (Å²) in [4.78, 5) is 27.1. The highest BCUT2D eigenvalue weighted by Crippen LogP contribution is 2.16. The Morgan fingerprint density at radius 2 is 1.88 bits per heavy atom. The van der Waals surface area contributed by atoms with Crippen LogP contribution in [0.15, 0.2) is 53.3 Å². The molecule has 132 valence electrons. The summed E-state index contributed by atoms with van der Waals surface area (Å²) in [5, 5.41) is 4.96. The van der Waals surface area contributed by atoms with E-state index in [0.717, 1.165) is 5.56 Å². The van der Waals surface area contributed by atoms with Gasteiger partial charge in [0.1, 0.15) is 0 Å². The summed E-state index contributed by atoms with van der Waals surface area (Å²) < 4.78 is 2.95. The van der Waals surface area contributed by atoms with E-state index in [0.29, 0.717) is 41.7 Å². The number of carbonyl (C=O) groups is 1. The summed E-state index contributed by atoms with van der Waals surface area (Å²) in [6, 6.07) is 14.5. The zero-order valence-corrected chi connectivity index (χ0v) is 15.0. The monoisotopic (exact) mass is 368 g/mol. The van der Waals surface area contributed by atoms with E-state index >= 15 is 0 Å². The number of carbonyl (C=O) groups excluding carboxylic acids is 1. The number of halogens is 1. The van der Waals surface area contributed by atoms with Crippen molar-refractivity contribution in [2.75, 3.05) is 6.54 Å². The van der Waals surface area contributed by atoms with Gasteiger partial charge in [-0.15, -0.1) is 5.10 Å². The fourth-order valence-corrected chi connectivity index (χ4v) is 3.26. The quantitative estimate of drug-likeness (QED) is 0.698. The van der Waals surface area contributed by atoms with Gasteiger partial charge in [-0.05, 0) is 37.3 Å². The third-order valence-electron chi connectivity index (χ3n) is 4.50. The Balaban J connectivity index is 1.63. The van der Waals surface area contributed by atoms with Crippen molar-refractivity contribution in [2.24, 2.45) is 0 Å². The number of hydrogen-bond acceptors (Lipinski definition) is 3. The van der Waals surface area contributed by atoms with Crippen molar-refractivity contribution in [1.29, 1.82) is 0 Å². The lowest BCUT2D eigenvalue weighted by molar-refractivity contribution is 0.0706. The standard InChI is InChI=1S/C19H17ClN4O2/c1-13-5-7-14(8-6-13)18(25)22-9-10-23-17(12-22)21-24(19(23)26)16-4-2-3-15(20)11-16/h2-8,11H,9-10,12H2,1H3. The SMILES string of the molecule is Cc1ccc(C(=O)N2CCn3c(nn(-c4cccc(Cl)c4)c3=O)C2)cc1. The van der Waals surface area contributed by atoms with Crippen LogP contribution >= 0.6 is 11.6 Å². The molecular formula is C19H17ClN4O2. The molecule has 26 heavy (non-hydrogen) atoms. The van der Waals surface area contributed by atoms with Gasteiger partial charge in [0.2, 0.25) is 0 Å². The maximum Gasteiger partial charge on any atom is 0.350 e. The van der Waals surface area contributed by atoms with Crippen LogP contribution in [0.5, 0.6) is 0 Å². The molecule has 0 saturated carbocycles. The average Bonchev–Trinajstić information content (AvgIpc) is 2.98. The van der Waals surface area contributed by atoms with E-state index in [2.05, 4.69) is 5.10 Å². The Labute approximate surface area is 155 Å². The van der Waals surface area contributed by atoms with Gasteiger partial charge in [-0.25, -0.2) is 4.79 Å². The minimum Gasteiger partial charge on any atom is -0.329 e. The third kappa shape index (κ3) is 2.93. The summed E-state index contributed by atoms with van der Waals surface area (Å²) in [7, 11) is 0. The van der Waals surface area contributed by atoms with Crippen molar-refractivity contribution in [3.8, 4) is 5.69 Å². The maximum absolute atomic E-state index is 12.7. The zero-order valence-electron chi connectivity index (χ0n) is 14.2. The van der Waals surface area contributed by atoms with Gasteiger partial charge < -0.3 is 4.90 Å². The first kappa shape index (κ1) is 16.6. The van der Waals surface area contributed by atoms with E-state index in [1.54, 1.807) is 33.7 Å². The van der Waals surface area contributed by atoms with E-state index in [1.165, 1.54) is 4.68 Å². The largest absolute Gasteiger partial charge is 0.350 e. The molecule has 1 aliphatic rings. The van der Waals surface area contributed by atoms with Crippen molar-refractivity contribution < 1.29 is 4.79 Å². The maximum atomic E-state index is 12.7. The zero-order chi connectivity index (χ0) is 18.3. The molecule has 0 aliphatic carbocycles. The normalized spacial score (nSPS) is 13.5. The molecule has 2 aromatic carbocycles. The van der Waals surface area contributed by atoms with Gasteiger partial charge >= 0.3 is 5.69 Å². The Morgan fingerprint density at radius 3 is 2.62 bits per heavy atom. The summed E-state index contributed by atoms with van der Waals surface area (Å²) in [6.45, 7) is 3.18. The molecule has 0 atom stereocenters. The highest BCUT2D eigenvalue weighted by Gasteiger charge is 2.26. The number of fused-ring (bicyclic) bond motifs is 1. The molecular weight excluding hydrogens is 352 g/mol. The molecule has 0 bridgehead atoms. The Hall–Kier alpha value is -2.86. The molecule has 0 unspecified atom stereocenters. The second-order valence-electron chi connectivity index (χ2n) is 6.33. The summed E-state index contributed by atoms with van der Waals surface area (Å²) in [5.74, 6) is 0.516. The van der Waals surface area contributed by atoms with Gasteiger partial charge in [0, 0.05) is 23.7 Å². The molecule has 2 heterocycles. The van der Waals surface area contributed by atoms with E-state index in [1.807, 2.05) is 31.2 Å². The lowest BCUT2D eigenvalue weighted by Gasteiger charge is -2.26. The van der Waals surface area contributed by atoms with Crippen molar-refractivity contribution in [3.63, 3.8) is 0 Å². The minimum absolute atomic E-state index is 0.0546. The fourth-order valence-electron chi connectivity index (χ4n) is 3.08. The van der Waals surface area contributed by atoms with Crippen LogP contribution in [-0.4, -0.2) is 31.7 Å². The van der Waals surface area contributed by atoms with Crippen LogP contribution < -0.4 is 5.69 Å². The van der Waals surface area contributed by atoms with Gasteiger partial charge in [-0.1, -0.05) is 35.4 Å². The van der Waals surface area contributed by atoms with Crippen LogP contribution in [0.1, 0.15) is 21.7 Å². The van der Waals surface area contributed by atoms with Gasteiger partial charge in [0.05, 0.1) is 12.2 Å². The molecule has 1 aromatic heterocycles. The molecule has 0 N–H and O–H groups in total. The topological polar surface area (TPSA) is 60.1 Å². The van der Waals surface area contributed by atoms with E-state index in [4.69, 9.17) is 11.6 Å². The number of rotatable bonds is 2. The number of amides is 1. The van der Waals surface area contributed by atoms with Crippen molar-refractivity contribution >= 4 is 17.5 Å². The summed E-state index contributed by atoms with van der Waals surface area (Å²) in [6.07, 6.45) is 0. The van der Waals surface area contributed by atoms with Crippen LogP contribution in [0.3, 0.4) is 0 Å². The first-order valence-electron chi connectivity index (χ1n) is 8.33. The van der Waals surface area contributed by atoms with Crippen molar-refractivity contribution in [3.05, 3.63) is 81.0 Å². The lowest BCUT2D eigenvalue weighted by Crippen LogP contribution is -2.40. The third-order valence-corrected chi connectivity index (χ3v) is 4.74. The number of nitrogens with zero attached hydrogens (tertiary/aromatic N) is 4. The van der Waals surface area contributed by atoms with Crippen molar-refractivity contribution in [2.45, 2.75) is 20.0 Å². The Bertz CT molecular complexity index is 1040. The van der Waals surface area contributed by atoms with Gasteiger partial charge in [-0.3, -0.25) is 9.36 Å². The molecule has 7 heteroatoms. The van der Waals surface area contributed by atoms with Crippen LogP contribution in [0.25, 0.3) is 5.69 Å². The number of benzene rings is 2. The first-order chi connectivity index (χ1) is 12.5. The van der Waals surface area contributed by atoms with Crippen molar-refractivity contribution in [1.82, 2.24) is 19.2 Å². The smallest absolute Gasteiger partial charge is 0.329 e. The molecule has 3 aromatic rings. The summed E-state index contributed by atoms with van der Waals surface area (Å²) in [5.41, 5.74) is 2.14. The number of hydrogen-bond donors (Lipinski definition) is 0. The Morgan fingerprint density at radius 1 is 1.12 bits per heavy atom. The predicted octanol–water partition coefficient (Wildman–Crippen LogP) is 2.65. The van der Waals surface area contributed by atoms with Gasteiger partial charge in [0.15, 0.2) is 5.82 Å². The fraction of sp³-hybridized carbons (Fsp3) is 0.211. The number of aromatic nitrogens is 3. The second-order valence-corrected chi connectivity index (χ2v) is 6.77. The van der Waals surface area contributed by atoms with E-state index < -0.39 is 0 Å². The van der Waals surface area contributed by atoms with Gasteiger partial charge in [0.25, 0.3) is 5.91 Å². The summed E-state index contributed by atoms with van der Waals surface area (Å²) >= 11 is 6.01.